The van der Waals surface area contributed by atoms with Crippen LogP contribution in [0, 0.1) is 0 Å². The van der Waals surface area contributed by atoms with Crippen molar-refractivity contribution in [1.82, 2.24) is 15.5 Å². The number of ether oxygens (including phenoxy) is 2. The van der Waals surface area contributed by atoms with Crippen LogP contribution in [-0.2, 0) is 6.54 Å². The van der Waals surface area contributed by atoms with Gasteiger partial charge in [-0.3, -0.25) is 4.90 Å². The summed E-state index contributed by atoms with van der Waals surface area (Å²) >= 11 is 0. The van der Waals surface area contributed by atoms with Gasteiger partial charge in [-0.25, -0.2) is 4.99 Å². The van der Waals surface area contributed by atoms with E-state index in [4.69, 9.17) is 9.47 Å². The van der Waals surface area contributed by atoms with Gasteiger partial charge in [0.25, 0.3) is 0 Å². The minimum absolute atomic E-state index is 0.593. The van der Waals surface area contributed by atoms with Crippen molar-refractivity contribution in [1.29, 1.82) is 0 Å². The number of rotatable bonds is 10. The van der Waals surface area contributed by atoms with E-state index >= 15 is 0 Å². The molecule has 1 aliphatic rings. The molecule has 0 amide bonds. The Hall–Kier alpha value is -1.95. The average molecular weight is 348 g/mol. The van der Waals surface area contributed by atoms with E-state index in [1.165, 1.54) is 12.8 Å². The van der Waals surface area contributed by atoms with E-state index in [-0.39, 0.29) is 0 Å². The zero-order chi connectivity index (χ0) is 18.1. The van der Waals surface area contributed by atoms with E-state index in [1.807, 2.05) is 18.2 Å². The largest absolute Gasteiger partial charge is 0.493 e. The molecule has 1 aliphatic carbocycles. The van der Waals surface area contributed by atoms with E-state index in [0.29, 0.717) is 6.54 Å². The van der Waals surface area contributed by atoms with E-state index in [1.54, 1.807) is 14.2 Å². The minimum atomic E-state index is 0.593. The Morgan fingerprint density at radius 3 is 2.52 bits per heavy atom. The fraction of sp³-hybridized carbons (Fsp3) is 0.632. The Morgan fingerprint density at radius 1 is 1.16 bits per heavy atom. The van der Waals surface area contributed by atoms with Crippen LogP contribution in [0.4, 0.5) is 0 Å². The molecule has 1 aromatic carbocycles. The van der Waals surface area contributed by atoms with Gasteiger partial charge in [0.1, 0.15) is 0 Å². The zero-order valence-electron chi connectivity index (χ0n) is 16.0. The van der Waals surface area contributed by atoms with Crippen LogP contribution in [-0.4, -0.2) is 57.3 Å². The Labute approximate surface area is 151 Å². The number of hydrogen-bond donors (Lipinski definition) is 2. The van der Waals surface area contributed by atoms with Gasteiger partial charge in [-0.1, -0.05) is 13.0 Å². The molecule has 1 saturated carbocycles. The van der Waals surface area contributed by atoms with Gasteiger partial charge >= 0.3 is 0 Å². The van der Waals surface area contributed by atoms with Crippen LogP contribution in [0.25, 0.3) is 0 Å². The van der Waals surface area contributed by atoms with Crippen LogP contribution in [0.15, 0.2) is 23.2 Å². The Balaban J connectivity index is 1.89. The predicted molar refractivity (Wildman–Crippen MR) is 103 cm³/mol. The fourth-order valence-electron chi connectivity index (χ4n) is 2.85. The first-order valence-electron chi connectivity index (χ1n) is 9.18. The number of likely N-dealkylation sites (N-methyl/N-ethyl adjacent to an activating group) is 1. The van der Waals surface area contributed by atoms with Crippen LogP contribution in [0.3, 0.4) is 0 Å². The summed E-state index contributed by atoms with van der Waals surface area (Å²) in [6.07, 6.45) is 2.70. The molecule has 0 aliphatic heterocycles. The van der Waals surface area contributed by atoms with Crippen molar-refractivity contribution in [2.45, 2.75) is 39.3 Å². The van der Waals surface area contributed by atoms with Gasteiger partial charge < -0.3 is 20.1 Å². The van der Waals surface area contributed by atoms with Gasteiger partial charge in [-0.15, -0.1) is 0 Å². The summed E-state index contributed by atoms with van der Waals surface area (Å²) in [6.45, 7) is 8.83. The van der Waals surface area contributed by atoms with Crippen molar-refractivity contribution in [3.63, 3.8) is 0 Å². The Morgan fingerprint density at radius 2 is 1.92 bits per heavy atom. The number of methoxy groups -OCH3 is 2. The van der Waals surface area contributed by atoms with Crippen LogP contribution in [0.5, 0.6) is 11.5 Å². The molecule has 0 atom stereocenters. The molecular formula is C19H32N4O2. The first-order valence-corrected chi connectivity index (χ1v) is 9.18. The zero-order valence-corrected chi connectivity index (χ0v) is 16.0. The Bertz CT molecular complexity index is 558. The van der Waals surface area contributed by atoms with Crippen molar-refractivity contribution in [2.24, 2.45) is 4.99 Å². The molecule has 0 heterocycles. The highest BCUT2D eigenvalue weighted by atomic mass is 16.5. The maximum Gasteiger partial charge on any atom is 0.191 e. The molecular weight excluding hydrogens is 316 g/mol. The van der Waals surface area contributed by atoms with Crippen LogP contribution < -0.4 is 20.1 Å². The van der Waals surface area contributed by atoms with Crippen molar-refractivity contribution < 1.29 is 9.47 Å². The average Bonchev–Trinajstić information content (AvgIpc) is 3.47. The standard InChI is InChI=1S/C19H32N4O2/c1-5-20-19(21-11-12-23(6-2)16-8-9-16)22-14-15-7-10-17(24-3)18(13-15)25-4/h7,10,13,16H,5-6,8-9,11-12,14H2,1-4H3,(H2,20,21,22). The van der Waals surface area contributed by atoms with Crippen molar-refractivity contribution >= 4 is 5.96 Å². The number of nitrogens with zero attached hydrogens (tertiary/aromatic N) is 2. The van der Waals surface area contributed by atoms with Gasteiger partial charge in [-0.05, 0) is 44.0 Å². The normalized spacial score (nSPS) is 14.5. The van der Waals surface area contributed by atoms with E-state index < -0.39 is 0 Å². The Kier molecular flexibility index (Phi) is 7.85. The number of nitrogens with one attached hydrogen (secondary N) is 2. The summed E-state index contributed by atoms with van der Waals surface area (Å²) in [5.41, 5.74) is 1.09. The molecule has 1 aromatic rings. The van der Waals surface area contributed by atoms with Gasteiger partial charge in [0.05, 0.1) is 20.8 Å². The molecule has 140 valence electrons. The highest BCUT2D eigenvalue weighted by Gasteiger charge is 2.27. The lowest BCUT2D eigenvalue weighted by atomic mass is 10.2. The first kappa shape index (κ1) is 19.4. The topological polar surface area (TPSA) is 58.1 Å². The summed E-state index contributed by atoms with van der Waals surface area (Å²) < 4.78 is 10.6. The SMILES string of the molecule is CCNC(=NCc1ccc(OC)c(OC)c1)NCCN(CC)C1CC1. The summed E-state index contributed by atoms with van der Waals surface area (Å²) in [5, 5.41) is 6.74. The van der Waals surface area contributed by atoms with E-state index in [9.17, 15) is 0 Å². The summed E-state index contributed by atoms with van der Waals surface area (Å²) in [6, 6.07) is 6.70. The van der Waals surface area contributed by atoms with Crippen molar-refractivity contribution in [3.8, 4) is 11.5 Å². The summed E-state index contributed by atoms with van der Waals surface area (Å²) in [7, 11) is 3.29. The smallest absolute Gasteiger partial charge is 0.191 e. The number of hydrogen-bond acceptors (Lipinski definition) is 4. The number of guanidine groups is 1. The van der Waals surface area contributed by atoms with Gasteiger partial charge in [0.2, 0.25) is 0 Å². The third kappa shape index (κ3) is 6.12. The molecule has 25 heavy (non-hydrogen) atoms. The second-order valence-electron chi connectivity index (χ2n) is 6.17. The van der Waals surface area contributed by atoms with Crippen molar-refractivity contribution in [3.05, 3.63) is 23.8 Å². The lowest BCUT2D eigenvalue weighted by molar-refractivity contribution is 0.282. The molecule has 2 N–H and O–H groups in total. The molecule has 0 bridgehead atoms. The molecule has 6 heteroatoms. The summed E-state index contributed by atoms with van der Waals surface area (Å²) in [5.74, 6) is 2.32. The molecule has 0 spiro atoms. The van der Waals surface area contributed by atoms with E-state index in [2.05, 4.69) is 34.4 Å². The first-order chi connectivity index (χ1) is 12.2. The van der Waals surface area contributed by atoms with Crippen LogP contribution in [0.2, 0.25) is 0 Å². The maximum atomic E-state index is 5.35. The lowest BCUT2D eigenvalue weighted by Crippen LogP contribution is -2.42. The molecule has 0 radical (unpaired) electrons. The molecule has 0 unspecified atom stereocenters. The maximum absolute atomic E-state index is 5.35. The van der Waals surface area contributed by atoms with Gasteiger partial charge in [-0.2, -0.15) is 0 Å². The number of benzene rings is 1. The fourth-order valence-corrected chi connectivity index (χ4v) is 2.85. The quantitative estimate of drug-likeness (QED) is 0.502. The predicted octanol–water partition coefficient (Wildman–Crippen LogP) is 2.24. The highest BCUT2D eigenvalue weighted by molar-refractivity contribution is 5.79. The van der Waals surface area contributed by atoms with Gasteiger partial charge in [0, 0.05) is 25.7 Å². The van der Waals surface area contributed by atoms with Gasteiger partial charge in [0.15, 0.2) is 17.5 Å². The minimum Gasteiger partial charge on any atom is -0.493 e. The second-order valence-corrected chi connectivity index (χ2v) is 6.17. The molecule has 0 saturated heterocycles. The van der Waals surface area contributed by atoms with E-state index in [0.717, 1.165) is 55.2 Å². The third-order valence-electron chi connectivity index (χ3n) is 4.37. The lowest BCUT2D eigenvalue weighted by Gasteiger charge is -2.20. The molecule has 1 fully saturated rings. The monoisotopic (exact) mass is 348 g/mol. The molecule has 0 aromatic heterocycles. The van der Waals surface area contributed by atoms with Crippen LogP contribution >= 0.6 is 0 Å². The van der Waals surface area contributed by atoms with Crippen LogP contribution in [0.1, 0.15) is 32.3 Å². The summed E-state index contributed by atoms with van der Waals surface area (Å²) in [4.78, 5) is 7.21. The third-order valence-corrected chi connectivity index (χ3v) is 4.37. The van der Waals surface area contributed by atoms with Crippen molar-refractivity contribution in [2.75, 3.05) is 40.4 Å². The molecule has 2 rings (SSSR count). The molecule has 6 nitrogen and oxygen atoms in total. The second kappa shape index (κ2) is 10.1. The number of aliphatic imine (C=N–C) groups is 1. The highest BCUT2D eigenvalue weighted by Crippen LogP contribution is 2.28.